The third kappa shape index (κ3) is 3.10. The van der Waals surface area contributed by atoms with E-state index in [-0.39, 0.29) is 5.88 Å². The van der Waals surface area contributed by atoms with Crippen molar-refractivity contribution < 1.29 is 17.9 Å². The number of alkyl halides is 3. The molecule has 0 saturated carbocycles. The minimum absolute atomic E-state index is 0.0421. The molecule has 90 valence electrons. The van der Waals surface area contributed by atoms with Crippen LogP contribution in [0.4, 0.5) is 13.2 Å². The molecule has 0 spiro atoms. The Balaban J connectivity index is 2.79. The Bertz CT molecular complexity index is 366. The van der Waals surface area contributed by atoms with Crippen LogP contribution in [0.15, 0.2) is 12.1 Å². The average molecular weight is 234 g/mol. The van der Waals surface area contributed by atoms with Crippen molar-refractivity contribution in [3.63, 3.8) is 0 Å². The maximum Gasteiger partial charge on any atom is 0.425 e. The SMILES string of the molecule is Cc1nc(OC(C)C(F)(F)F)ccc1CN. The van der Waals surface area contributed by atoms with Crippen LogP contribution in [0, 0.1) is 6.92 Å². The normalized spacial score (nSPS) is 13.6. The summed E-state index contributed by atoms with van der Waals surface area (Å²) in [5.41, 5.74) is 6.77. The van der Waals surface area contributed by atoms with E-state index in [0.29, 0.717) is 12.2 Å². The molecular weight excluding hydrogens is 221 g/mol. The topological polar surface area (TPSA) is 48.1 Å². The monoisotopic (exact) mass is 234 g/mol. The molecule has 2 N–H and O–H groups in total. The fourth-order valence-corrected chi connectivity index (χ4v) is 1.10. The Morgan fingerprint density at radius 2 is 2.06 bits per heavy atom. The number of rotatable bonds is 3. The molecule has 3 nitrogen and oxygen atoms in total. The van der Waals surface area contributed by atoms with Crippen LogP contribution >= 0.6 is 0 Å². The van der Waals surface area contributed by atoms with Crippen molar-refractivity contribution in [1.29, 1.82) is 0 Å². The van der Waals surface area contributed by atoms with Crippen LogP contribution in [0.3, 0.4) is 0 Å². The molecule has 0 aromatic carbocycles. The van der Waals surface area contributed by atoms with E-state index in [9.17, 15) is 13.2 Å². The van der Waals surface area contributed by atoms with Gasteiger partial charge in [-0.05, 0) is 19.4 Å². The molecule has 0 amide bonds. The van der Waals surface area contributed by atoms with Gasteiger partial charge in [0.25, 0.3) is 0 Å². The highest BCUT2D eigenvalue weighted by Crippen LogP contribution is 2.24. The third-order valence-corrected chi connectivity index (χ3v) is 2.15. The minimum atomic E-state index is -4.39. The lowest BCUT2D eigenvalue weighted by Crippen LogP contribution is -2.31. The van der Waals surface area contributed by atoms with E-state index in [1.807, 2.05) is 0 Å². The molecule has 0 aliphatic heterocycles. The highest BCUT2D eigenvalue weighted by Gasteiger charge is 2.38. The van der Waals surface area contributed by atoms with Crippen molar-refractivity contribution in [2.75, 3.05) is 0 Å². The Morgan fingerprint density at radius 3 is 2.50 bits per heavy atom. The molecule has 1 aromatic rings. The smallest absolute Gasteiger partial charge is 0.425 e. The van der Waals surface area contributed by atoms with E-state index in [0.717, 1.165) is 12.5 Å². The van der Waals surface area contributed by atoms with Crippen LogP contribution in [0.5, 0.6) is 5.88 Å². The summed E-state index contributed by atoms with van der Waals surface area (Å²) in [4.78, 5) is 3.90. The van der Waals surface area contributed by atoms with E-state index in [1.54, 1.807) is 13.0 Å². The quantitative estimate of drug-likeness (QED) is 0.872. The molecule has 1 atom stereocenters. The zero-order valence-corrected chi connectivity index (χ0v) is 9.01. The first-order chi connectivity index (χ1) is 7.34. The second-order valence-electron chi connectivity index (χ2n) is 3.40. The van der Waals surface area contributed by atoms with Gasteiger partial charge in [0.1, 0.15) is 0 Å². The molecule has 0 bridgehead atoms. The average Bonchev–Trinajstić information content (AvgIpc) is 2.16. The number of aryl methyl sites for hydroxylation is 1. The summed E-state index contributed by atoms with van der Waals surface area (Å²) in [6, 6.07) is 3.00. The predicted molar refractivity (Wildman–Crippen MR) is 53.0 cm³/mol. The summed E-state index contributed by atoms with van der Waals surface area (Å²) < 4.78 is 41.3. The third-order valence-electron chi connectivity index (χ3n) is 2.15. The van der Waals surface area contributed by atoms with Gasteiger partial charge < -0.3 is 10.5 Å². The lowest BCUT2D eigenvalue weighted by atomic mass is 10.2. The van der Waals surface area contributed by atoms with Crippen molar-refractivity contribution in [3.05, 3.63) is 23.4 Å². The van der Waals surface area contributed by atoms with Crippen LogP contribution in [0.25, 0.3) is 0 Å². The molecule has 1 heterocycles. The van der Waals surface area contributed by atoms with Crippen LogP contribution in [0.2, 0.25) is 0 Å². The van der Waals surface area contributed by atoms with E-state index >= 15 is 0 Å². The molecule has 6 heteroatoms. The van der Waals surface area contributed by atoms with Crippen molar-refractivity contribution in [2.45, 2.75) is 32.7 Å². The van der Waals surface area contributed by atoms with Crippen molar-refractivity contribution in [3.8, 4) is 5.88 Å². The Morgan fingerprint density at radius 1 is 1.44 bits per heavy atom. The summed E-state index contributed by atoms with van der Waals surface area (Å²) in [7, 11) is 0. The molecule has 0 saturated heterocycles. The van der Waals surface area contributed by atoms with E-state index in [4.69, 9.17) is 5.73 Å². The largest absolute Gasteiger partial charge is 0.465 e. The number of hydrogen-bond acceptors (Lipinski definition) is 3. The van der Waals surface area contributed by atoms with Gasteiger partial charge in [-0.3, -0.25) is 0 Å². The van der Waals surface area contributed by atoms with Gasteiger partial charge in [0.15, 0.2) is 6.10 Å². The predicted octanol–water partition coefficient (Wildman–Crippen LogP) is 2.18. The standard InChI is InChI=1S/C10H13F3N2O/c1-6-8(5-14)3-4-9(15-6)16-7(2)10(11,12)13/h3-4,7H,5,14H2,1-2H3. The highest BCUT2D eigenvalue weighted by molar-refractivity contribution is 5.24. The van der Waals surface area contributed by atoms with Crippen molar-refractivity contribution in [2.24, 2.45) is 5.73 Å². The Labute approximate surface area is 91.4 Å². The fraction of sp³-hybridized carbons (Fsp3) is 0.500. The van der Waals surface area contributed by atoms with E-state index in [2.05, 4.69) is 9.72 Å². The molecule has 0 aliphatic carbocycles. The van der Waals surface area contributed by atoms with Gasteiger partial charge in [-0.1, -0.05) is 6.07 Å². The van der Waals surface area contributed by atoms with E-state index in [1.165, 1.54) is 6.07 Å². The first-order valence-corrected chi connectivity index (χ1v) is 4.74. The summed E-state index contributed by atoms with van der Waals surface area (Å²) >= 11 is 0. The number of pyridine rings is 1. The van der Waals surface area contributed by atoms with Crippen LogP contribution in [-0.2, 0) is 6.54 Å². The Kier molecular flexibility index (Phi) is 3.74. The van der Waals surface area contributed by atoms with Gasteiger partial charge >= 0.3 is 6.18 Å². The van der Waals surface area contributed by atoms with Crippen LogP contribution < -0.4 is 10.5 Å². The number of aromatic nitrogens is 1. The van der Waals surface area contributed by atoms with Gasteiger partial charge in [0.05, 0.1) is 0 Å². The molecule has 1 rings (SSSR count). The minimum Gasteiger partial charge on any atom is -0.465 e. The Hall–Kier alpha value is -1.30. The van der Waals surface area contributed by atoms with Crippen molar-refractivity contribution in [1.82, 2.24) is 4.98 Å². The molecule has 1 unspecified atom stereocenters. The lowest BCUT2D eigenvalue weighted by molar-refractivity contribution is -0.190. The molecule has 0 fully saturated rings. The van der Waals surface area contributed by atoms with Gasteiger partial charge in [-0.15, -0.1) is 0 Å². The molecule has 0 radical (unpaired) electrons. The molecule has 16 heavy (non-hydrogen) atoms. The summed E-state index contributed by atoms with van der Waals surface area (Å²) in [5.74, 6) is -0.0421. The van der Waals surface area contributed by atoms with Crippen LogP contribution in [-0.4, -0.2) is 17.3 Å². The molecule has 1 aromatic heterocycles. The van der Waals surface area contributed by atoms with Gasteiger partial charge in [0.2, 0.25) is 5.88 Å². The molecular formula is C10H13F3N2O. The number of ether oxygens (including phenoxy) is 1. The number of halogens is 3. The lowest BCUT2D eigenvalue weighted by Gasteiger charge is -2.17. The fourth-order valence-electron chi connectivity index (χ4n) is 1.10. The first kappa shape index (κ1) is 12.8. The number of nitrogens with two attached hydrogens (primary N) is 1. The maximum atomic E-state index is 12.2. The second kappa shape index (κ2) is 4.69. The van der Waals surface area contributed by atoms with Gasteiger partial charge in [-0.2, -0.15) is 13.2 Å². The molecule has 0 aliphatic rings. The van der Waals surface area contributed by atoms with Gasteiger partial charge in [0, 0.05) is 18.3 Å². The summed E-state index contributed by atoms with van der Waals surface area (Å²) in [5, 5.41) is 0. The summed E-state index contributed by atoms with van der Waals surface area (Å²) in [6.07, 6.45) is -6.26. The first-order valence-electron chi connectivity index (χ1n) is 4.74. The maximum absolute atomic E-state index is 12.2. The highest BCUT2D eigenvalue weighted by atomic mass is 19.4. The van der Waals surface area contributed by atoms with E-state index < -0.39 is 12.3 Å². The number of nitrogens with zero attached hydrogens (tertiary/aromatic N) is 1. The second-order valence-corrected chi connectivity index (χ2v) is 3.40. The summed E-state index contributed by atoms with van der Waals surface area (Å²) in [6.45, 7) is 2.91. The van der Waals surface area contributed by atoms with Crippen molar-refractivity contribution >= 4 is 0 Å². The van der Waals surface area contributed by atoms with Gasteiger partial charge in [-0.25, -0.2) is 4.98 Å². The zero-order valence-electron chi connectivity index (χ0n) is 9.01. The van der Waals surface area contributed by atoms with Crippen LogP contribution in [0.1, 0.15) is 18.2 Å². The number of hydrogen-bond donors (Lipinski definition) is 1. The zero-order chi connectivity index (χ0) is 12.3.